The Morgan fingerprint density at radius 3 is 2.69 bits per heavy atom. The van der Waals surface area contributed by atoms with E-state index in [1.807, 2.05) is 6.07 Å². The Hall–Kier alpha value is -0.900. The van der Waals surface area contributed by atoms with E-state index in [-0.39, 0.29) is 0 Å². The molecule has 0 spiro atoms. The molecule has 1 aliphatic rings. The Labute approximate surface area is 98.9 Å². The molecule has 0 amide bonds. The third kappa shape index (κ3) is 1.65. The fourth-order valence-electron chi connectivity index (χ4n) is 2.30. The second-order valence-corrected chi connectivity index (χ2v) is 5.51. The van der Waals surface area contributed by atoms with Crippen LogP contribution in [0.3, 0.4) is 0 Å². The van der Waals surface area contributed by atoms with Crippen LogP contribution in [-0.4, -0.2) is 18.2 Å². The molecular formula is C13H15NOS. The fraction of sp³-hybridized carbons (Fsp3) is 0.385. The second-order valence-electron chi connectivity index (χ2n) is 4.43. The zero-order valence-corrected chi connectivity index (χ0v) is 9.89. The van der Waals surface area contributed by atoms with Gasteiger partial charge in [-0.05, 0) is 43.5 Å². The van der Waals surface area contributed by atoms with Crippen LogP contribution in [0.1, 0.15) is 17.7 Å². The van der Waals surface area contributed by atoms with Crippen molar-refractivity contribution in [3.05, 3.63) is 35.2 Å². The Morgan fingerprint density at radius 1 is 1.19 bits per heavy atom. The summed E-state index contributed by atoms with van der Waals surface area (Å²) in [4.78, 5) is 1.12. The topological polar surface area (TPSA) is 32.3 Å². The molecule has 1 aromatic heterocycles. The maximum absolute atomic E-state index is 10.6. The Bertz CT molecular complexity index is 466. The van der Waals surface area contributed by atoms with Gasteiger partial charge in [-0.25, -0.2) is 0 Å². The summed E-state index contributed by atoms with van der Waals surface area (Å²) >= 11 is 1.72. The lowest BCUT2D eigenvalue weighted by Gasteiger charge is -2.31. The van der Waals surface area contributed by atoms with E-state index in [1.165, 1.54) is 10.1 Å². The molecule has 84 valence electrons. The van der Waals surface area contributed by atoms with Gasteiger partial charge in [-0.3, -0.25) is 0 Å². The minimum Gasteiger partial charge on any atom is -0.384 e. The molecule has 0 bridgehead atoms. The van der Waals surface area contributed by atoms with Gasteiger partial charge in [0.1, 0.15) is 5.60 Å². The molecular weight excluding hydrogens is 218 g/mol. The van der Waals surface area contributed by atoms with Crippen LogP contribution in [0.5, 0.6) is 0 Å². The van der Waals surface area contributed by atoms with E-state index in [0.29, 0.717) is 0 Å². The highest BCUT2D eigenvalue weighted by Crippen LogP contribution is 2.38. The molecule has 2 heterocycles. The fourth-order valence-corrected chi connectivity index (χ4v) is 3.51. The van der Waals surface area contributed by atoms with Crippen molar-refractivity contribution in [1.29, 1.82) is 0 Å². The van der Waals surface area contributed by atoms with Gasteiger partial charge in [-0.1, -0.05) is 18.2 Å². The second kappa shape index (κ2) is 3.84. The van der Waals surface area contributed by atoms with E-state index in [1.54, 1.807) is 11.3 Å². The van der Waals surface area contributed by atoms with Crippen molar-refractivity contribution in [3.63, 3.8) is 0 Å². The molecule has 1 aromatic carbocycles. The third-order valence-electron chi connectivity index (χ3n) is 3.31. The summed E-state index contributed by atoms with van der Waals surface area (Å²) in [5.74, 6) is 0. The van der Waals surface area contributed by atoms with Crippen LogP contribution in [0.25, 0.3) is 10.1 Å². The molecule has 2 nitrogen and oxygen atoms in total. The number of hydrogen-bond donors (Lipinski definition) is 2. The normalized spacial score (nSPS) is 20.1. The maximum Gasteiger partial charge on any atom is 0.101 e. The van der Waals surface area contributed by atoms with E-state index < -0.39 is 5.60 Å². The maximum atomic E-state index is 10.6. The summed E-state index contributed by atoms with van der Waals surface area (Å²) in [6.45, 7) is 1.81. The van der Waals surface area contributed by atoms with Crippen molar-refractivity contribution < 1.29 is 5.11 Å². The first-order valence-corrected chi connectivity index (χ1v) is 6.52. The highest BCUT2D eigenvalue weighted by atomic mass is 32.1. The summed E-state index contributed by atoms with van der Waals surface area (Å²) in [7, 11) is 0. The van der Waals surface area contributed by atoms with Gasteiger partial charge in [-0.15, -0.1) is 11.3 Å². The molecule has 3 rings (SSSR count). The van der Waals surface area contributed by atoms with Crippen molar-refractivity contribution in [2.24, 2.45) is 0 Å². The third-order valence-corrected chi connectivity index (χ3v) is 4.62. The van der Waals surface area contributed by atoms with Gasteiger partial charge < -0.3 is 10.4 Å². The van der Waals surface area contributed by atoms with Crippen molar-refractivity contribution in [2.75, 3.05) is 13.1 Å². The average Bonchev–Trinajstić information content (AvgIpc) is 2.74. The van der Waals surface area contributed by atoms with Gasteiger partial charge in [-0.2, -0.15) is 0 Å². The zero-order chi connectivity index (χ0) is 11.0. The lowest BCUT2D eigenvalue weighted by Crippen LogP contribution is -2.39. The Kier molecular flexibility index (Phi) is 2.46. The summed E-state index contributed by atoms with van der Waals surface area (Å²) in [6, 6.07) is 10.5. The van der Waals surface area contributed by atoms with Crippen molar-refractivity contribution in [2.45, 2.75) is 18.4 Å². The van der Waals surface area contributed by atoms with Gasteiger partial charge in [0.25, 0.3) is 0 Å². The molecule has 0 radical (unpaired) electrons. The first kappa shape index (κ1) is 10.3. The molecule has 1 saturated heterocycles. The molecule has 1 aliphatic heterocycles. The highest BCUT2D eigenvalue weighted by molar-refractivity contribution is 7.19. The van der Waals surface area contributed by atoms with Crippen LogP contribution in [-0.2, 0) is 5.60 Å². The Morgan fingerprint density at radius 2 is 1.94 bits per heavy atom. The van der Waals surface area contributed by atoms with Crippen LogP contribution in [0.2, 0.25) is 0 Å². The summed E-state index contributed by atoms with van der Waals surface area (Å²) in [5, 5.41) is 15.1. The minimum atomic E-state index is -0.602. The van der Waals surface area contributed by atoms with Crippen molar-refractivity contribution in [3.8, 4) is 0 Å². The molecule has 1 fully saturated rings. The number of rotatable bonds is 1. The predicted octanol–water partition coefficient (Wildman–Crippen LogP) is 2.47. The van der Waals surface area contributed by atoms with E-state index in [4.69, 9.17) is 0 Å². The lowest BCUT2D eigenvalue weighted by molar-refractivity contribution is 0.00951. The largest absolute Gasteiger partial charge is 0.384 e. The zero-order valence-electron chi connectivity index (χ0n) is 9.07. The van der Waals surface area contributed by atoms with Gasteiger partial charge in [0.15, 0.2) is 0 Å². The molecule has 2 N–H and O–H groups in total. The molecule has 0 atom stereocenters. The van der Waals surface area contributed by atoms with Crippen LogP contribution < -0.4 is 5.32 Å². The summed E-state index contributed by atoms with van der Waals surface area (Å²) in [6.07, 6.45) is 1.64. The molecule has 0 saturated carbocycles. The van der Waals surface area contributed by atoms with Crippen molar-refractivity contribution >= 4 is 21.4 Å². The smallest absolute Gasteiger partial charge is 0.101 e. The van der Waals surface area contributed by atoms with Gasteiger partial charge in [0.2, 0.25) is 0 Å². The number of aliphatic hydroxyl groups is 1. The first-order valence-electron chi connectivity index (χ1n) is 5.70. The predicted molar refractivity (Wildman–Crippen MR) is 67.8 cm³/mol. The van der Waals surface area contributed by atoms with Crippen molar-refractivity contribution in [1.82, 2.24) is 5.32 Å². The van der Waals surface area contributed by atoms with Crippen LogP contribution in [0.15, 0.2) is 30.3 Å². The van der Waals surface area contributed by atoms with E-state index in [0.717, 1.165) is 30.8 Å². The van der Waals surface area contributed by atoms with Gasteiger partial charge >= 0.3 is 0 Å². The number of thiophene rings is 1. The number of benzene rings is 1. The number of hydrogen-bond acceptors (Lipinski definition) is 3. The summed E-state index contributed by atoms with van der Waals surface area (Å²) < 4.78 is 1.27. The molecule has 3 heteroatoms. The number of nitrogens with one attached hydrogen (secondary N) is 1. The van der Waals surface area contributed by atoms with Crippen LogP contribution in [0, 0.1) is 0 Å². The highest BCUT2D eigenvalue weighted by Gasteiger charge is 2.32. The average molecular weight is 233 g/mol. The summed E-state index contributed by atoms with van der Waals surface area (Å²) in [5.41, 5.74) is -0.602. The Balaban J connectivity index is 2.04. The first-order chi connectivity index (χ1) is 7.78. The molecule has 2 aromatic rings. The van der Waals surface area contributed by atoms with Gasteiger partial charge in [0, 0.05) is 9.58 Å². The van der Waals surface area contributed by atoms with E-state index >= 15 is 0 Å². The van der Waals surface area contributed by atoms with Gasteiger partial charge in [0.05, 0.1) is 0 Å². The molecule has 0 unspecified atom stereocenters. The lowest BCUT2D eigenvalue weighted by atomic mass is 9.91. The van der Waals surface area contributed by atoms with Crippen LogP contribution in [0.4, 0.5) is 0 Å². The van der Waals surface area contributed by atoms with E-state index in [2.05, 4.69) is 29.6 Å². The molecule has 16 heavy (non-hydrogen) atoms. The number of piperidine rings is 1. The monoisotopic (exact) mass is 233 g/mol. The SMILES string of the molecule is OC1(c2cc3ccccc3s2)CCNCC1. The molecule has 0 aliphatic carbocycles. The minimum absolute atomic E-state index is 0.602. The van der Waals surface area contributed by atoms with Crippen LogP contribution >= 0.6 is 11.3 Å². The standard InChI is InChI=1S/C13H15NOS/c15-13(5-7-14-8-6-13)12-9-10-3-1-2-4-11(10)16-12/h1-4,9,14-15H,5-8H2. The number of fused-ring (bicyclic) bond motifs is 1. The quantitative estimate of drug-likeness (QED) is 0.793. The van der Waals surface area contributed by atoms with E-state index in [9.17, 15) is 5.11 Å².